The van der Waals surface area contributed by atoms with Crippen LogP contribution in [-0.4, -0.2) is 18.0 Å². The molecule has 2 unspecified atom stereocenters. The summed E-state index contributed by atoms with van der Waals surface area (Å²) in [5.74, 6) is 0.608. The van der Waals surface area contributed by atoms with Crippen molar-refractivity contribution in [2.75, 3.05) is 5.88 Å². The van der Waals surface area contributed by atoms with Crippen molar-refractivity contribution in [1.29, 1.82) is 0 Å². The predicted molar refractivity (Wildman–Crippen MR) is 50.6 cm³/mol. The molecule has 0 amide bonds. The van der Waals surface area contributed by atoms with Gasteiger partial charge in [0, 0.05) is 12.3 Å². The lowest BCUT2D eigenvalue weighted by Gasteiger charge is -2.24. The predicted octanol–water partition coefficient (Wildman–Crippen LogP) is 2.27. The molecule has 3 heteroatoms. The average Bonchev–Trinajstić information content (AvgIpc) is 2.35. The molecule has 0 aromatic rings. The van der Waals surface area contributed by atoms with Gasteiger partial charge in [0.25, 0.3) is 0 Å². The molecule has 2 nitrogen and oxygen atoms in total. The number of carbonyl (C=O) groups is 1. The molecule has 0 aromatic heterocycles. The van der Waals surface area contributed by atoms with Gasteiger partial charge in [0.1, 0.15) is 6.10 Å². The second-order valence-electron chi connectivity index (χ2n) is 3.85. The molecule has 1 fully saturated rings. The Morgan fingerprint density at radius 2 is 2.54 bits per heavy atom. The molecule has 72 valence electrons. The molecule has 2 bridgehead atoms. The van der Waals surface area contributed by atoms with E-state index in [0.29, 0.717) is 5.88 Å². The lowest BCUT2D eigenvalue weighted by atomic mass is 9.75. The maximum absolute atomic E-state index is 11.6. The zero-order valence-corrected chi connectivity index (χ0v) is 8.22. The maximum Gasteiger partial charge on any atom is 0.313 e. The van der Waals surface area contributed by atoms with Gasteiger partial charge < -0.3 is 4.74 Å². The van der Waals surface area contributed by atoms with Crippen molar-refractivity contribution < 1.29 is 9.53 Å². The molecular weight excluding hydrogens is 188 g/mol. The summed E-state index contributed by atoms with van der Waals surface area (Å²) in [6.45, 7) is 0. The number of hydrogen-bond acceptors (Lipinski definition) is 2. The van der Waals surface area contributed by atoms with E-state index in [4.69, 9.17) is 16.3 Å². The summed E-state index contributed by atoms with van der Waals surface area (Å²) in [5.41, 5.74) is -0.228. The Hall–Kier alpha value is -0.500. The fourth-order valence-corrected chi connectivity index (χ4v) is 2.34. The van der Waals surface area contributed by atoms with Gasteiger partial charge in [0.2, 0.25) is 0 Å². The summed E-state index contributed by atoms with van der Waals surface area (Å²) in [6, 6.07) is 0. The van der Waals surface area contributed by atoms with Crippen molar-refractivity contribution >= 4 is 17.6 Å². The third-order valence-corrected chi connectivity index (χ3v) is 3.20. The second-order valence-corrected chi connectivity index (χ2v) is 4.23. The van der Waals surface area contributed by atoms with Gasteiger partial charge in [-0.05, 0) is 25.3 Å². The Morgan fingerprint density at radius 1 is 1.69 bits per heavy atom. The molecule has 0 saturated carbocycles. The summed E-state index contributed by atoms with van der Waals surface area (Å²) in [7, 11) is 0. The smallest absolute Gasteiger partial charge is 0.313 e. The average molecular weight is 201 g/mol. The highest BCUT2D eigenvalue weighted by Gasteiger charge is 2.48. The molecule has 0 spiro atoms. The molecule has 2 rings (SSSR count). The first-order chi connectivity index (χ1) is 6.27. The van der Waals surface area contributed by atoms with Crippen molar-refractivity contribution in [2.24, 2.45) is 5.41 Å². The van der Waals surface area contributed by atoms with Gasteiger partial charge in [-0.15, -0.1) is 11.6 Å². The summed E-state index contributed by atoms with van der Waals surface area (Å²) in [4.78, 5) is 11.6. The van der Waals surface area contributed by atoms with Crippen LogP contribution in [0.3, 0.4) is 0 Å². The number of ether oxygens (including phenoxy) is 1. The summed E-state index contributed by atoms with van der Waals surface area (Å²) < 4.78 is 5.22. The SMILES string of the molecule is O=C1OC2C=CCC1(CCCCl)C2. The van der Waals surface area contributed by atoms with Gasteiger partial charge in [0.05, 0.1) is 5.41 Å². The highest BCUT2D eigenvalue weighted by atomic mass is 35.5. The first kappa shape index (κ1) is 9.07. The van der Waals surface area contributed by atoms with E-state index < -0.39 is 0 Å². The van der Waals surface area contributed by atoms with Crippen molar-refractivity contribution in [1.82, 2.24) is 0 Å². The number of esters is 1. The minimum atomic E-state index is -0.228. The van der Waals surface area contributed by atoms with Crippen LogP contribution >= 0.6 is 11.6 Å². The quantitative estimate of drug-likeness (QED) is 0.397. The van der Waals surface area contributed by atoms with Crippen LogP contribution in [0.2, 0.25) is 0 Å². The van der Waals surface area contributed by atoms with E-state index in [1.165, 1.54) is 0 Å². The van der Waals surface area contributed by atoms with E-state index >= 15 is 0 Å². The minimum Gasteiger partial charge on any atom is -0.458 e. The minimum absolute atomic E-state index is 0.0207. The van der Waals surface area contributed by atoms with Crippen LogP contribution in [0.5, 0.6) is 0 Å². The lowest BCUT2D eigenvalue weighted by Crippen LogP contribution is -2.26. The molecule has 0 aromatic carbocycles. The molecule has 13 heavy (non-hydrogen) atoms. The van der Waals surface area contributed by atoms with Gasteiger partial charge in [0.15, 0.2) is 0 Å². The van der Waals surface area contributed by atoms with Gasteiger partial charge in [-0.25, -0.2) is 0 Å². The number of rotatable bonds is 3. The van der Waals surface area contributed by atoms with Crippen LogP contribution in [0.15, 0.2) is 12.2 Å². The van der Waals surface area contributed by atoms with Gasteiger partial charge in [-0.3, -0.25) is 4.79 Å². The third kappa shape index (κ3) is 1.48. The van der Waals surface area contributed by atoms with Gasteiger partial charge in [-0.2, -0.15) is 0 Å². The molecule has 1 saturated heterocycles. The largest absolute Gasteiger partial charge is 0.458 e. The van der Waals surface area contributed by atoms with Gasteiger partial charge >= 0.3 is 5.97 Å². The number of fused-ring (bicyclic) bond motifs is 2. The molecule has 1 aliphatic heterocycles. The highest BCUT2D eigenvalue weighted by molar-refractivity contribution is 6.17. The van der Waals surface area contributed by atoms with Crippen molar-refractivity contribution in [3.63, 3.8) is 0 Å². The Labute approximate surface area is 82.9 Å². The maximum atomic E-state index is 11.6. The number of allylic oxidation sites excluding steroid dienone is 1. The Bertz CT molecular complexity index is 249. The fraction of sp³-hybridized carbons (Fsp3) is 0.700. The van der Waals surface area contributed by atoms with Crippen molar-refractivity contribution in [3.8, 4) is 0 Å². The summed E-state index contributed by atoms with van der Waals surface area (Å²) >= 11 is 5.63. The van der Waals surface area contributed by atoms with E-state index in [0.717, 1.165) is 25.7 Å². The topological polar surface area (TPSA) is 26.3 Å². The molecular formula is C10H13ClO2. The normalized spacial score (nSPS) is 36.4. The van der Waals surface area contributed by atoms with Crippen LogP contribution in [0.4, 0.5) is 0 Å². The first-order valence-corrected chi connectivity index (χ1v) is 5.24. The van der Waals surface area contributed by atoms with E-state index in [9.17, 15) is 4.79 Å². The molecule has 0 N–H and O–H groups in total. The molecule has 1 aliphatic carbocycles. The standard InChI is InChI=1S/C10H13ClO2/c11-6-2-5-10-4-1-3-8(7-10)13-9(10)12/h1,3,8H,2,4-7H2. The molecule has 2 aliphatic rings. The fourth-order valence-electron chi connectivity index (χ4n) is 2.20. The van der Waals surface area contributed by atoms with Crippen LogP contribution < -0.4 is 0 Å². The first-order valence-electron chi connectivity index (χ1n) is 4.71. The lowest BCUT2D eigenvalue weighted by molar-refractivity contribution is -0.147. The molecule has 0 radical (unpaired) electrons. The zero-order chi connectivity index (χ0) is 9.31. The summed E-state index contributed by atoms with van der Waals surface area (Å²) in [5, 5.41) is 0. The monoisotopic (exact) mass is 200 g/mol. The van der Waals surface area contributed by atoms with E-state index in [-0.39, 0.29) is 17.5 Å². The van der Waals surface area contributed by atoms with Crippen LogP contribution in [-0.2, 0) is 9.53 Å². The van der Waals surface area contributed by atoms with Crippen LogP contribution in [0.1, 0.15) is 25.7 Å². The zero-order valence-electron chi connectivity index (χ0n) is 7.46. The highest BCUT2D eigenvalue weighted by Crippen LogP contribution is 2.44. The summed E-state index contributed by atoms with van der Waals surface area (Å²) in [6.07, 6.45) is 7.56. The van der Waals surface area contributed by atoms with Gasteiger partial charge in [-0.1, -0.05) is 6.08 Å². The van der Waals surface area contributed by atoms with E-state index in [2.05, 4.69) is 6.08 Å². The van der Waals surface area contributed by atoms with Crippen molar-refractivity contribution in [2.45, 2.75) is 31.8 Å². The van der Waals surface area contributed by atoms with E-state index in [1.807, 2.05) is 6.08 Å². The van der Waals surface area contributed by atoms with E-state index in [1.54, 1.807) is 0 Å². The van der Waals surface area contributed by atoms with Crippen molar-refractivity contribution in [3.05, 3.63) is 12.2 Å². The van der Waals surface area contributed by atoms with Crippen LogP contribution in [0.25, 0.3) is 0 Å². The number of hydrogen-bond donors (Lipinski definition) is 0. The molecule has 1 heterocycles. The molecule has 2 atom stereocenters. The number of alkyl halides is 1. The second kappa shape index (κ2) is 3.33. The Morgan fingerprint density at radius 3 is 3.31 bits per heavy atom. The Balaban J connectivity index is 2.11. The van der Waals surface area contributed by atoms with Crippen LogP contribution in [0, 0.1) is 5.41 Å². The third-order valence-electron chi connectivity index (χ3n) is 2.93. The number of carbonyl (C=O) groups excluding carboxylic acids is 1. The Kier molecular flexibility index (Phi) is 2.33. The number of halogens is 1.